The Bertz CT molecular complexity index is 305. The highest BCUT2D eigenvalue weighted by molar-refractivity contribution is 5.78. The van der Waals surface area contributed by atoms with Crippen molar-refractivity contribution in [3.05, 3.63) is 0 Å². The fourth-order valence-corrected chi connectivity index (χ4v) is 4.78. The lowest BCUT2D eigenvalue weighted by atomic mass is 9.53. The largest absolute Gasteiger partial charge is 0.349 e. The van der Waals surface area contributed by atoms with Gasteiger partial charge in [0.25, 0.3) is 0 Å². The third-order valence-electron chi connectivity index (χ3n) is 4.90. The van der Waals surface area contributed by atoms with Crippen LogP contribution in [0.2, 0.25) is 0 Å². The average Bonchev–Trinajstić information content (AvgIpc) is 2.23. The zero-order valence-corrected chi connectivity index (χ0v) is 11.4. The summed E-state index contributed by atoms with van der Waals surface area (Å²) >= 11 is 0. The molecule has 0 spiro atoms. The van der Waals surface area contributed by atoms with Crippen LogP contribution in [0.4, 0.5) is 0 Å². The SMILES string of the molecule is CN(C)OCC(=O)NC12CC3CC(CC(C3)C1)C2. The normalized spacial score (nSPS) is 41.4. The summed E-state index contributed by atoms with van der Waals surface area (Å²) in [4.78, 5) is 17.2. The Morgan fingerprint density at radius 3 is 2.11 bits per heavy atom. The lowest BCUT2D eigenvalue weighted by Crippen LogP contribution is -2.60. The Labute approximate surface area is 109 Å². The van der Waals surface area contributed by atoms with E-state index in [1.165, 1.54) is 38.5 Å². The number of carbonyl (C=O) groups is 1. The van der Waals surface area contributed by atoms with Gasteiger partial charge in [0.05, 0.1) is 0 Å². The summed E-state index contributed by atoms with van der Waals surface area (Å²) in [6.45, 7) is 0.148. The molecule has 0 radical (unpaired) electrons. The Kier molecular flexibility index (Phi) is 3.10. The van der Waals surface area contributed by atoms with E-state index in [9.17, 15) is 4.79 Å². The van der Waals surface area contributed by atoms with Gasteiger partial charge in [0.2, 0.25) is 5.91 Å². The quantitative estimate of drug-likeness (QED) is 0.772. The van der Waals surface area contributed by atoms with E-state index in [4.69, 9.17) is 4.84 Å². The molecule has 4 heteroatoms. The van der Waals surface area contributed by atoms with Gasteiger partial charge in [-0.3, -0.25) is 9.63 Å². The van der Waals surface area contributed by atoms with Gasteiger partial charge in [0, 0.05) is 19.6 Å². The Morgan fingerprint density at radius 2 is 1.67 bits per heavy atom. The molecule has 1 N–H and O–H groups in total. The Hall–Kier alpha value is -0.610. The van der Waals surface area contributed by atoms with Crippen LogP contribution in [0.3, 0.4) is 0 Å². The summed E-state index contributed by atoms with van der Waals surface area (Å²) < 4.78 is 0. The summed E-state index contributed by atoms with van der Waals surface area (Å²) in [5.41, 5.74) is 0.113. The van der Waals surface area contributed by atoms with Crippen molar-refractivity contribution in [2.45, 2.75) is 44.1 Å². The molecule has 4 aliphatic rings. The molecule has 0 atom stereocenters. The van der Waals surface area contributed by atoms with Gasteiger partial charge < -0.3 is 5.32 Å². The van der Waals surface area contributed by atoms with Crippen LogP contribution in [-0.2, 0) is 9.63 Å². The van der Waals surface area contributed by atoms with Crippen LogP contribution in [-0.4, -0.2) is 37.2 Å². The lowest BCUT2D eigenvalue weighted by molar-refractivity contribution is -0.154. The van der Waals surface area contributed by atoms with E-state index in [1.807, 2.05) is 0 Å². The van der Waals surface area contributed by atoms with Crippen LogP contribution >= 0.6 is 0 Å². The lowest BCUT2D eigenvalue weighted by Gasteiger charge is -2.56. The number of hydrogen-bond donors (Lipinski definition) is 1. The smallest absolute Gasteiger partial charge is 0.248 e. The predicted octanol–water partition coefficient (Wildman–Crippen LogP) is 1.56. The monoisotopic (exact) mass is 252 g/mol. The topological polar surface area (TPSA) is 41.6 Å². The highest BCUT2D eigenvalue weighted by atomic mass is 16.7. The highest BCUT2D eigenvalue weighted by Gasteiger charge is 2.51. The van der Waals surface area contributed by atoms with E-state index in [1.54, 1.807) is 19.2 Å². The molecule has 1 amide bonds. The number of carbonyl (C=O) groups excluding carboxylic acids is 1. The maximum absolute atomic E-state index is 12.0. The molecule has 0 heterocycles. The van der Waals surface area contributed by atoms with Crippen LogP contribution in [0.15, 0.2) is 0 Å². The molecule has 0 aromatic rings. The van der Waals surface area contributed by atoms with E-state index in [2.05, 4.69) is 5.32 Å². The standard InChI is InChI=1S/C14H24N2O2/c1-16(2)18-9-13(17)15-14-6-10-3-11(7-14)5-12(4-10)8-14/h10-12H,3-9H2,1-2H3,(H,15,17). The molecule has 4 bridgehead atoms. The number of hydrogen-bond acceptors (Lipinski definition) is 3. The van der Waals surface area contributed by atoms with Gasteiger partial charge in [0.15, 0.2) is 0 Å². The molecule has 4 saturated carbocycles. The second-order valence-corrected chi connectivity index (χ2v) is 6.83. The summed E-state index contributed by atoms with van der Waals surface area (Å²) in [5, 5.41) is 4.87. The summed E-state index contributed by atoms with van der Waals surface area (Å²) in [7, 11) is 3.61. The molecule has 4 nitrogen and oxygen atoms in total. The fraction of sp³-hybridized carbons (Fsp3) is 0.929. The third-order valence-corrected chi connectivity index (χ3v) is 4.90. The van der Waals surface area contributed by atoms with Gasteiger partial charge in [-0.25, -0.2) is 0 Å². The molecule has 0 aliphatic heterocycles. The van der Waals surface area contributed by atoms with Crippen molar-refractivity contribution in [2.24, 2.45) is 17.8 Å². The van der Waals surface area contributed by atoms with Gasteiger partial charge in [-0.2, -0.15) is 5.06 Å². The minimum Gasteiger partial charge on any atom is -0.349 e. The Balaban J connectivity index is 1.60. The van der Waals surface area contributed by atoms with Gasteiger partial charge in [-0.1, -0.05) is 0 Å². The molecule has 102 valence electrons. The first-order valence-electron chi connectivity index (χ1n) is 7.16. The van der Waals surface area contributed by atoms with E-state index >= 15 is 0 Å². The Morgan fingerprint density at radius 1 is 1.17 bits per heavy atom. The maximum atomic E-state index is 12.0. The zero-order valence-electron chi connectivity index (χ0n) is 11.4. The van der Waals surface area contributed by atoms with Crippen LogP contribution in [0.1, 0.15) is 38.5 Å². The minimum absolute atomic E-state index is 0.0469. The molecule has 4 aliphatic carbocycles. The molecule has 0 saturated heterocycles. The number of nitrogens with zero attached hydrogens (tertiary/aromatic N) is 1. The second kappa shape index (κ2) is 4.49. The minimum atomic E-state index is 0.0469. The third kappa shape index (κ3) is 2.41. The van der Waals surface area contributed by atoms with Crippen molar-refractivity contribution in [1.29, 1.82) is 0 Å². The number of hydroxylamine groups is 2. The van der Waals surface area contributed by atoms with Crippen LogP contribution in [0.25, 0.3) is 0 Å². The fourth-order valence-electron chi connectivity index (χ4n) is 4.78. The zero-order chi connectivity index (χ0) is 12.8. The van der Waals surface area contributed by atoms with Gasteiger partial charge in [-0.15, -0.1) is 0 Å². The molecule has 0 unspecified atom stereocenters. The van der Waals surface area contributed by atoms with Crippen molar-refractivity contribution in [1.82, 2.24) is 10.4 Å². The maximum Gasteiger partial charge on any atom is 0.248 e. The van der Waals surface area contributed by atoms with Crippen molar-refractivity contribution < 1.29 is 9.63 Å². The van der Waals surface area contributed by atoms with E-state index in [0.29, 0.717) is 0 Å². The predicted molar refractivity (Wildman–Crippen MR) is 68.7 cm³/mol. The number of nitrogens with one attached hydrogen (secondary N) is 1. The van der Waals surface area contributed by atoms with Crippen molar-refractivity contribution in [3.63, 3.8) is 0 Å². The molecular formula is C14H24N2O2. The second-order valence-electron chi connectivity index (χ2n) is 6.83. The van der Waals surface area contributed by atoms with Crippen LogP contribution in [0, 0.1) is 17.8 Å². The number of rotatable bonds is 4. The van der Waals surface area contributed by atoms with Crippen LogP contribution < -0.4 is 5.32 Å². The van der Waals surface area contributed by atoms with E-state index < -0.39 is 0 Å². The summed E-state index contributed by atoms with van der Waals surface area (Å²) in [5.74, 6) is 2.65. The van der Waals surface area contributed by atoms with Gasteiger partial charge in [0.1, 0.15) is 6.61 Å². The first kappa shape index (κ1) is 12.4. The van der Waals surface area contributed by atoms with Crippen molar-refractivity contribution in [2.75, 3.05) is 20.7 Å². The van der Waals surface area contributed by atoms with Crippen LogP contribution in [0.5, 0.6) is 0 Å². The van der Waals surface area contributed by atoms with Gasteiger partial charge >= 0.3 is 0 Å². The molecule has 0 aromatic heterocycles. The van der Waals surface area contributed by atoms with E-state index in [0.717, 1.165) is 17.8 Å². The summed E-state index contributed by atoms with van der Waals surface area (Å²) in [6.07, 6.45) is 7.82. The average molecular weight is 252 g/mol. The first-order valence-corrected chi connectivity index (χ1v) is 7.16. The summed E-state index contributed by atoms with van der Waals surface area (Å²) in [6, 6.07) is 0. The van der Waals surface area contributed by atoms with E-state index in [-0.39, 0.29) is 18.1 Å². The van der Waals surface area contributed by atoms with Crippen molar-refractivity contribution in [3.8, 4) is 0 Å². The molecule has 4 rings (SSSR count). The molecular weight excluding hydrogens is 228 g/mol. The first-order chi connectivity index (χ1) is 8.55. The van der Waals surface area contributed by atoms with Gasteiger partial charge in [-0.05, 0) is 56.3 Å². The number of amides is 1. The molecule has 0 aromatic carbocycles. The molecule has 4 fully saturated rings. The highest BCUT2D eigenvalue weighted by Crippen LogP contribution is 2.55. The van der Waals surface area contributed by atoms with Crippen molar-refractivity contribution >= 4 is 5.91 Å². The molecule has 18 heavy (non-hydrogen) atoms.